The highest BCUT2D eigenvalue weighted by atomic mass is 16.5. The Balaban J connectivity index is 1.45. The van der Waals surface area contributed by atoms with E-state index in [1.807, 2.05) is 6.92 Å². The van der Waals surface area contributed by atoms with Crippen LogP contribution in [0.25, 0.3) is 0 Å². The maximum Gasteiger partial charge on any atom is 0.0834 e. The van der Waals surface area contributed by atoms with Crippen LogP contribution in [0.2, 0.25) is 0 Å². The topological polar surface area (TPSA) is 53.8 Å². The third kappa shape index (κ3) is 3.68. The summed E-state index contributed by atoms with van der Waals surface area (Å²) >= 11 is 0. The molecule has 1 aromatic heterocycles. The second kappa shape index (κ2) is 7.08. The third-order valence-corrected chi connectivity index (χ3v) is 4.80. The van der Waals surface area contributed by atoms with E-state index >= 15 is 0 Å². The molecule has 3 heterocycles. The number of hydrogen-bond acceptors (Lipinski definition) is 5. The number of ether oxygens (including phenoxy) is 1. The number of aliphatic hydroxyl groups excluding tert-OH is 1. The molecule has 0 saturated carbocycles. The zero-order valence-electron chi connectivity index (χ0n) is 13.7. The average molecular weight is 308 g/mol. The molecule has 2 saturated heterocycles. The normalized spacial score (nSPS) is 27.6. The summed E-state index contributed by atoms with van der Waals surface area (Å²) < 4.78 is 7.49. The molecule has 0 aliphatic carbocycles. The van der Waals surface area contributed by atoms with Crippen molar-refractivity contribution in [1.29, 1.82) is 0 Å². The van der Waals surface area contributed by atoms with Crippen molar-refractivity contribution < 1.29 is 9.84 Å². The Labute approximate surface area is 132 Å². The van der Waals surface area contributed by atoms with Gasteiger partial charge in [0.2, 0.25) is 0 Å². The van der Waals surface area contributed by atoms with Crippen LogP contribution in [0.3, 0.4) is 0 Å². The Morgan fingerprint density at radius 1 is 1.23 bits per heavy atom. The minimum Gasteiger partial charge on any atom is -0.390 e. The molecule has 1 N–H and O–H groups in total. The highest BCUT2D eigenvalue weighted by Gasteiger charge is 2.35. The van der Waals surface area contributed by atoms with E-state index in [9.17, 15) is 5.11 Å². The Morgan fingerprint density at radius 3 is 2.68 bits per heavy atom. The molecule has 1 aromatic rings. The summed E-state index contributed by atoms with van der Waals surface area (Å²) in [6.07, 6.45) is 0.844. The SMILES string of the molecule is Cc1cc(C)n(CCCN2C[C@H](O)[C@@H](N3CCOCC3)C2)n1. The Bertz CT molecular complexity index is 484. The van der Waals surface area contributed by atoms with Gasteiger partial charge >= 0.3 is 0 Å². The van der Waals surface area contributed by atoms with E-state index in [1.165, 1.54) is 5.69 Å². The van der Waals surface area contributed by atoms with E-state index in [0.29, 0.717) is 0 Å². The summed E-state index contributed by atoms with van der Waals surface area (Å²) in [5, 5.41) is 14.8. The van der Waals surface area contributed by atoms with Gasteiger partial charge in [-0.1, -0.05) is 0 Å². The van der Waals surface area contributed by atoms with Crippen LogP contribution in [-0.2, 0) is 11.3 Å². The number of rotatable bonds is 5. The van der Waals surface area contributed by atoms with Gasteiger partial charge in [-0.05, 0) is 26.3 Å². The molecule has 2 fully saturated rings. The quantitative estimate of drug-likeness (QED) is 0.846. The fourth-order valence-corrected chi connectivity index (χ4v) is 3.64. The van der Waals surface area contributed by atoms with Crippen molar-refractivity contribution in [2.24, 2.45) is 0 Å². The number of nitrogens with zero attached hydrogens (tertiary/aromatic N) is 4. The molecule has 6 nitrogen and oxygen atoms in total. The van der Waals surface area contributed by atoms with Gasteiger partial charge < -0.3 is 9.84 Å². The van der Waals surface area contributed by atoms with Crippen molar-refractivity contribution in [2.75, 3.05) is 45.9 Å². The van der Waals surface area contributed by atoms with Crippen LogP contribution in [0.15, 0.2) is 6.07 Å². The van der Waals surface area contributed by atoms with Gasteiger partial charge in [-0.15, -0.1) is 0 Å². The van der Waals surface area contributed by atoms with E-state index in [1.54, 1.807) is 0 Å². The smallest absolute Gasteiger partial charge is 0.0834 e. The van der Waals surface area contributed by atoms with E-state index in [4.69, 9.17) is 4.74 Å². The number of hydrogen-bond donors (Lipinski definition) is 1. The summed E-state index contributed by atoms with van der Waals surface area (Å²) in [6.45, 7) is 11.4. The lowest BCUT2D eigenvalue weighted by Gasteiger charge is -2.33. The molecule has 0 radical (unpaired) electrons. The molecule has 22 heavy (non-hydrogen) atoms. The van der Waals surface area contributed by atoms with Crippen LogP contribution in [-0.4, -0.2) is 82.8 Å². The molecule has 6 heteroatoms. The molecule has 0 amide bonds. The second-order valence-electron chi connectivity index (χ2n) is 6.55. The maximum absolute atomic E-state index is 10.3. The largest absolute Gasteiger partial charge is 0.390 e. The molecular formula is C16H28N4O2. The van der Waals surface area contributed by atoms with Gasteiger partial charge in [-0.3, -0.25) is 14.5 Å². The van der Waals surface area contributed by atoms with Crippen LogP contribution in [0, 0.1) is 13.8 Å². The molecule has 2 aliphatic rings. The van der Waals surface area contributed by atoms with Crippen LogP contribution in [0.4, 0.5) is 0 Å². The van der Waals surface area contributed by atoms with Gasteiger partial charge in [-0.2, -0.15) is 5.10 Å². The molecule has 0 unspecified atom stereocenters. The summed E-state index contributed by atoms with van der Waals surface area (Å²) in [7, 11) is 0. The van der Waals surface area contributed by atoms with Crippen molar-refractivity contribution in [2.45, 2.75) is 39.0 Å². The van der Waals surface area contributed by atoms with Gasteiger partial charge in [-0.25, -0.2) is 0 Å². The van der Waals surface area contributed by atoms with Gasteiger partial charge in [0, 0.05) is 51.0 Å². The summed E-state index contributed by atoms with van der Waals surface area (Å²) in [5.74, 6) is 0. The van der Waals surface area contributed by atoms with E-state index in [0.717, 1.165) is 64.6 Å². The van der Waals surface area contributed by atoms with Gasteiger partial charge in [0.1, 0.15) is 0 Å². The van der Waals surface area contributed by atoms with Gasteiger partial charge in [0.15, 0.2) is 0 Å². The fourth-order valence-electron chi connectivity index (χ4n) is 3.64. The molecule has 2 aliphatic heterocycles. The number of morpholine rings is 1. The predicted molar refractivity (Wildman–Crippen MR) is 84.9 cm³/mol. The number of likely N-dealkylation sites (tertiary alicyclic amines) is 1. The summed E-state index contributed by atoms with van der Waals surface area (Å²) in [4.78, 5) is 4.77. The molecule has 124 valence electrons. The molecule has 0 spiro atoms. The first kappa shape index (κ1) is 15.9. The fraction of sp³-hybridized carbons (Fsp3) is 0.812. The lowest BCUT2D eigenvalue weighted by Crippen LogP contribution is -2.48. The van der Waals surface area contributed by atoms with Crippen molar-refractivity contribution in [3.8, 4) is 0 Å². The van der Waals surface area contributed by atoms with E-state index in [-0.39, 0.29) is 12.1 Å². The minimum atomic E-state index is -0.230. The number of β-amino-alcohol motifs (C(OH)–C–C–N with tert-alkyl or cyclic N) is 1. The van der Waals surface area contributed by atoms with E-state index < -0.39 is 0 Å². The van der Waals surface area contributed by atoms with Crippen molar-refractivity contribution in [3.05, 3.63) is 17.5 Å². The van der Waals surface area contributed by atoms with Crippen molar-refractivity contribution in [3.63, 3.8) is 0 Å². The first-order valence-electron chi connectivity index (χ1n) is 8.37. The number of aliphatic hydroxyl groups is 1. The molecule has 0 aromatic carbocycles. The lowest BCUT2D eigenvalue weighted by molar-refractivity contribution is -0.00616. The zero-order chi connectivity index (χ0) is 15.5. The first-order chi connectivity index (χ1) is 10.6. The Morgan fingerprint density at radius 2 is 2.00 bits per heavy atom. The van der Waals surface area contributed by atoms with Crippen molar-refractivity contribution >= 4 is 0 Å². The lowest BCUT2D eigenvalue weighted by atomic mass is 10.2. The first-order valence-corrected chi connectivity index (χ1v) is 8.37. The molecule has 2 atom stereocenters. The van der Waals surface area contributed by atoms with Crippen LogP contribution < -0.4 is 0 Å². The molecular weight excluding hydrogens is 280 g/mol. The Hall–Kier alpha value is -0.950. The van der Waals surface area contributed by atoms with Crippen LogP contribution >= 0.6 is 0 Å². The maximum atomic E-state index is 10.3. The van der Waals surface area contributed by atoms with Crippen molar-refractivity contribution in [1.82, 2.24) is 19.6 Å². The predicted octanol–water partition coefficient (Wildman–Crippen LogP) is 0.267. The van der Waals surface area contributed by atoms with E-state index in [2.05, 4.69) is 32.6 Å². The molecule has 0 bridgehead atoms. The zero-order valence-corrected chi connectivity index (χ0v) is 13.7. The average Bonchev–Trinajstić information content (AvgIpc) is 3.02. The minimum absolute atomic E-state index is 0.230. The van der Waals surface area contributed by atoms with Gasteiger partial charge in [0.05, 0.1) is 25.0 Å². The number of aromatic nitrogens is 2. The highest BCUT2D eigenvalue weighted by Crippen LogP contribution is 2.18. The van der Waals surface area contributed by atoms with Gasteiger partial charge in [0.25, 0.3) is 0 Å². The summed E-state index contributed by atoms with van der Waals surface area (Å²) in [5.41, 5.74) is 2.31. The number of aryl methyl sites for hydroxylation is 3. The van der Waals surface area contributed by atoms with Crippen LogP contribution in [0.1, 0.15) is 17.8 Å². The monoisotopic (exact) mass is 308 g/mol. The molecule has 3 rings (SSSR count). The second-order valence-corrected chi connectivity index (χ2v) is 6.55. The highest BCUT2D eigenvalue weighted by molar-refractivity contribution is 5.06. The summed E-state index contributed by atoms with van der Waals surface area (Å²) in [6, 6.07) is 2.39. The standard InChI is InChI=1S/C16H28N4O2/c1-13-10-14(2)20(17-13)5-3-4-18-11-15(16(21)12-18)19-6-8-22-9-7-19/h10,15-16,21H,3-9,11-12H2,1-2H3/t15-,16-/m0/s1. The Kier molecular flexibility index (Phi) is 5.13. The third-order valence-electron chi connectivity index (χ3n) is 4.80. The van der Waals surface area contributed by atoms with Crippen LogP contribution in [0.5, 0.6) is 0 Å².